The number of hydrogen-bond donors (Lipinski definition) is 2. The Bertz CT molecular complexity index is 247. The van der Waals surface area contributed by atoms with Crippen molar-refractivity contribution in [3.63, 3.8) is 0 Å². The van der Waals surface area contributed by atoms with Gasteiger partial charge >= 0.3 is 0 Å². The molecule has 1 aliphatic heterocycles. The van der Waals surface area contributed by atoms with E-state index >= 15 is 0 Å². The van der Waals surface area contributed by atoms with Crippen LogP contribution in [0.25, 0.3) is 0 Å². The van der Waals surface area contributed by atoms with E-state index in [1.807, 2.05) is 6.92 Å². The van der Waals surface area contributed by atoms with Crippen LogP contribution in [0.4, 0.5) is 0 Å². The van der Waals surface area contributed by atoms with Crippen molar-refractivity contribution in [2.45, 2.75) is 32.2 Å². The highest BCUT2D eigenvalue weighted by atomic mass is 32.2. The Morgan fingerprint density at radius 1 is 1.62 bits per heavy atom. The fourth-order valence-corrected chi connectivity index (χ4v) is 3.69. The average Bonchev–Trinajstić information content (AvgIpc) is 2.41. The summed E-state index contributed by atoms with van der Waals surface area (Å²) in [4.78, 5) is 0. The zero-order valence-corrected chi connectivity index (χ0v) is 8.81. The first kappa shape index (κ1) is 10.9. The lowest BCUT2D eigenvalue weighted by atomic mass is 9.98. The summed E-state index contributed by atoms with van der Waals surface area (Å²) in [5.41, 5.74) is 2.71. The van der Waals surface area contributed by atoms with Gasteiger partial charge in [-0.25, -0.2) is 8.42 Å². The zero-order chi connectivity index (χ0) is 9.90. The number of hydrogen-bond acceptors (Lipinski definition) is 4. The lowest BCUT2D eigenvalue weighted by Crippen LogP contribution is -2.36. The lowest BCUT2D eigenvalue weighted by Gasteiger charge is -2.16. The van der Waals surface area contributed by atoms with Gasteiger partial charge in [-0.1, -0.05) is 6.92 Å². The predicted octanol–water partition coefficient (Wildman–Crippen LogP) is 0.0531. The van der Waals surface area contributed by atoms with Crippen molar-refractivity contribution in [1.29, 1.82) is 0 Å². The number of hydrazine groups is 1. The molecule has 2 atom stereocenters. The summed E-state index contributed by atoms with van der Waals surface area (Å²) in [6.07, 6.45) is 2.64. The summed E-state index contributed by atoms with van der Waals surface area (Å²) in [7, 11) is -2.73. The maximum absolute atomic E-state index is 11.1. The molecule has 5 heteroatoms. The maximum atomic E-state index is 11.1. The van der Waals surface area contributed by atoms with Gasteiger partial charge < -0.3 is 0 Å². The van der Waals surface area contributed by atoms with Crippen LogP contribution >= 0.6 is 0 Å². The highest BCUT2D eigenvalue weighted by Gasteiger charge is 2.28. The summed E-state index contributed by atoms with van der Waals surface area (Å²) in [6.45, 7) is 2.05. The molecule has 0 spiro atoms. The van der Waals surface area contributed by atoms with Crippen LogP contribution in [0.15, 0.2) is 0 Å². The van der Waals surface area contributed by atoms with Crippen LogP contribution in [0.2, 0.25) is 0 Å². The van der Waals surface area contributed by atoms with Gasteiger partial charge in [0.15, 0.2) is 9.84 Å². The second-order valence-electron chi connectivity index (χ2n) is 3.78. The minimum absolute atomic E-state index is 0.262. The average molecular weight is 206 g/mol. The van der Waals surface area contributed by atoms with Crippen molar-refractivity contribution in [1.82, 2.24) is 5.43 Å². The highest BCUT2D eigenvalue weighted by Crippen LogP contribution is 2.23. The van der Waals surface area contributed by atoms with Crippen LogP contribution < -0.4 is 11.3 Å². The van der Waals surface area contributed by atoms with Gasteiger partial charge in [0.2, 0.25) is 0 Å². The van der Waals surface area contributed by atoms with Gasteiger partial charge in [-0.05, 0) is 25.2 Å². The monoisotopic (exact) mass is 206 g/mol. The molecule has 0 aromatic rings. The third-order valence-electron chi connectivity index (χ3n) is 2.67. The van der Waals surface area contributed by atoms with E-state index in [9.17, 15) is 8.42 Å². The van der Waals surface area contributed by atoms with Crippen LogP contribution in [0.3, 0.4) is 0 Å². The maximum Gasteiger partial charge on any atom is 0.150 e. The Kier molecular flexibility index (Phi) is 3.70. The molecule has 1 rings (SSSR count). The lowest BCUT2D eigenvalue weighted by molar-refractivity contribution is 0.402. The molecule has 1 heterocycles. The van der Waals surface area contributed by atoms with Gasteiger partial charge in [0, 0.05) is 6.04 Å². The van der Waals surface area contributed by atoms with E-state index in [4.69, 9.17) is 5.84 Å². The van der Waals surface area contributed by atoms with Crippen molar-refractivity contribution in [3.05, 3.63) is 0 Å². The molecule has 0 aromatic heterocycles. The third-order valence-corrected chi connectivity index (χ3v) is 4.51. The van der Waals surface area contributed by atoms with Crippen LogP contribution in [0.5, 0.6) is 0 Å². The molecular formula is C8H18N2O2S. The molecule has 1 fully saturated rings. The number of sulfone groups is 1. The molecule has 0 saturated carbocycles. The predicted molar refractivity (Wildman–Crippen MR) is 52.8 cm³/mol. The van der Waals surface area contributed by atoms with Crippen molar-refractivity contribution < 1.29 is 8.42 Å². The molecule has 3 N–H and O–H groups in total. The van der Waals surface area contributed by atoms with Gasteiger partial charge in [0.25, 0.3) is 0 Å². The van der Waals surface area contributed by atoms with Crippen molar-refractivity contribution in [2.75, 3.05) is 11.5 Å². The van der Waals surface area contributed by atoms with E-state index in [1.165, 1.54) is 0 Å². The summed E-state index contributed by atoms with van der Waals surface area (Å²) < 4.78 is 22.3. The molecule has 1 aliphatic rings. The normalized spacial score (nSPS) is 28.9. The van der Waals surface area contributed by atoms with Gasteiger partial charge in [-0.3, -0.25) is 11.3 Å². The molecule has 0 aliphatic carbocycles. The molecule has 1 saturated heterocycles. The molecule has 0 bridgehead atoms. The zero-order valence-electron chi connectivity index (χ0n) is 7.99. The van der Waals surface area contributed by atoms with Crippen molar-refractivity contribution >= 4 is 9.84 Å². The van der Waals surface area contributed by atoms with Crippen molar-refractivity contribution in [3.8, 4) is 0 Å². The molecule has 13 heavy (non-hydrogen) atoms. The number of nitrogens with two attached hydrogens (primary N) is 1. The fourth-order valence-electron chi connectivity index (χ4n) is 1.81. The fraction of sp³-hybridized carbons (Fsp3) is 1.00. The molecule has 0 aromatic carbocycles. The topological polar surface area (TPSA) is 72.2 Å². The third kappa shape index (κ3) is 3.25. The molecule has 0 amide bonds. The van der Waals surface area contributed by atoms with Gasteiger partial charge in [-0.15, -0.1) is 0 Å². The summed E-state index contributed by atoms with van der Waals surface area (Å²) >= 11 is 0. The Hall–Kier alpha value is -0.130. The Morgan fingerprint density at radius 3 is 2.69 bits per heavy atom. The number of rotatable bonds is 4. The minimum Gasteiger partial charge on any atom is -0.271 e. The van der Waals surface area contributed by atoms with Gasteiger partial charge in [0.05, 0.1) is 11.5 Å². The summed E-state index contributed by atoms with van der Waals surface area (Å²) in [6, 6.07) is 0.262. The molecular weight excluding hydrogens is 188 g/mol. The van der Waals surface area contributed by atoms with E-state index in [2.05, 4.69) is 5.43 Å². The van der Waals surface area contributed by atoms with Gasteiger partial charge in [-0.2, -0.15) is 0 Å². The Labute approximate surface area is 79.8 Å². The summed E-state index contributed by atoms with van der Waals surface area (Å²) in [5.74, 6) is 6.35. The van der Waals surface area contributed by atoms with E-state index in [0.717, 1.165) is 19.3 Å². The molecule has 78 valence electrons. The number of nitrogens with one attached hydrogen (secondary N) is 1. The Morgan fingerprint density at radius 2 is 2.31 bits per heavy atom. The first-order valence-corrected chi connectivity index (χ1v) is 6.56. The second-order valence-corrected chi connectivity index (χ2v) is 6.01. The van der Waals surface area contributed by atoms with Crippen LogP contribution in [0, 0.1) is 5.92 Å². The van der Waals surface area contributed by atoms with E-state index in [1.54, 1.807) is 0 Å². The van der Waals surface area contributed by atoms with Crippen LogP contribution in [-0.4, -0.2) is 26.0 Å². The van der Waals surface area contributed by atoms with Crippen LogP contribution in [0.1, 0.15) is 26.2 Å². The minimum atomic E-state index is -2.73. The molecule has 4 nitrogen and oxygen atoms in total. The van der Waals surface area contributed by atoms with E-state index < -0.39 is 9.84 Å². The van der Waals surface area contributed by atoms with Crippen molar-refractivity contribution in [2.24, 2.45) is 11.8 Å². The second kappa shape index (κ2) is 4.39. The first-order chi connectivity index (χ1) is 6.07. The van der Waals surface area contributed by atoms with Gasteiger partial charge in [0.1, 0.15) is 0 Å². The van der Waals surface area contributed by atoms with Crippen LogP contribution in [-0.2, 0) is 9.84 Å². The first-order valence-electron chi connectivity index (χ1n) is 4.74. The molecule has 0 radical (unpaired) electrons. The summed E-state index contributed by atoms with van der Waals surface area (Å²) in [5, 5.41) is 0. The Balaban J connectivity index is 2.39. The highest BCUT2D eigenvalue weighted by molar-refractivity contribution is 7.91. The SMILES string of the molecule is CCC(CC1CCS(=O)(=O)C1)NN. The smallest absolute Gasteiger partial charge is 0.150 e. The quantitative estimate of drug-likeness (QED) is 0.504. The largest absolute Gasteiger partial charge is 0.271 e. The molecule has 2 unspecified atom stereocenters. The standard InChI is InChI=1S/C8H18N2O2S/c1-2-8(10-9)5-7-3-4-13(11,12)6-7/h7-8,10H,2-6,9H2,1H3. The van der Waals surface area contributed by atoms with E-state index in [-0.39, 0.29) is 6.04 Å². The van der Waals surface area contributed by atoms with E-state index in [0.29, 0.717) is 17.4 Å².